The van der Waals surface area contributed by atoms with E-state index < -0.39 is 5.91 Å². The molecular weight excluding hydrogens is 359 g/mol. The molecule has 144 valence electrons. The molecule has 3 rings (SSSR count). The number of halogens is 1. The second-order valence-electron chi connectivity index (χ2n) is 6.58. The SMILES string of the molecule is CC(C)C(=O)Nc1cc(C(=O)NCc2ccccc2F)nn1-c1ccccc1. The van der Waals surface area contributed by atoms with Crippen molar-refractivity contribution in [2.24, 2.45) is 5.92 Å². The van der Waals surface area contributed by atoms with Crippen LogP contribution < -0.4 is 10.6 Å². The Morgan fingerprint density at radius 1 is 1.07 bits per heavy atom. The average molecular weight is 380 g/mol. The summed E-state index contributed by atoms with van der Waals surface area (Å²) in [4.78, 5) is 24.7. The summed E-state index contributed by atoms with van der Waals surface area (Å²) in [5.41, 5.74) is 1.21. The fourth-order valence-electron chi connectivity index (χ4n) is 2.53. The van der Waals surface area contributed by atoms with Crippen LogP contribution in [-0.4, -0.2) is 21.6 Å². The highest BCUT2D eigenvalue weighted by molar-refractivity contribution is 5.96. The lowest BCUT2D eigenvalue weighted by Crippen LogP contribution is -2.23. The summed E-state index contributed by atoms with van der Waals surface area (Å²) in [6, 6.07) is 16.9. The lowest BCUT2D eigenvalue weighted by atomic mass is 10.2. The van der Waals surface area contributed by atoms with Crippen molar-refractivity contribution in [3.8, 4) is 5.69 Å². The van der Waals surface area contributed by atoms with Crippen LogP contribution >= 0.6 is 0 Å². The first-order chi connectivity index (χ1) is 13.5. The van der Waals surface area contributed by atoms with E-state index >= 15 is 0 Å². The number of anilines is 1. The molecule has 0 aliphatic rings. The number of hydrogen-bond acceptors (Lipinski definition) is 3. The van der Waals surface area contributed by atoms with E-state index in [1.807, 2.05) is 30.3 Å². The van der Waals surface area contributed by atoms with Gasteiger partial charge in [0.05, 0.1) is 5.69 Å². The van der Waals surface area contributed by atoms with Gasteiger partial charge >= 0.3 is 0 Å². The third-order valence-corrected chi connectivity index (χ3v) is 4.12. The molecule has 0 unspecified atom stereocenters. The second-order valence-corrected chi connectivity index (χ2v) is 6.58. The van der Waals surface area contributed by atoms with Gasteiger partial charge in [-0.2, -0.15) is 5.10 Å². The molecule has 1 aromatic heterocycles. The van der Waals surface area contributed by atoms with Crippen molar-refractivity contribution in [3.05, 3.63) is 77.7 Å². The monoisotopic (exact) mass is 380 g/mol. The first-order valence-corrected chi connectivity index (χ1v) is 8.93. The average Bonchev–Trinajstić information content (AvgIpc) is 3.11. The van der Waals surface area contributed by atoms with Crippen LogP contribution in [0.15, 0.2) is 60.7 Å². The summed E-state index contributed by atoms with van der Waals surface area (Å²) in [7, 11) is 0. The Bertz CT molecular complexity index is 983. The summed E-state index contributed by atoms with van der Waals surface area (Å²) in [5.74, 6) is -0.866. The van der Waals surface area contributed by atoms with Gasteiger partial charge in [-0.05, 0) is 18.2 Å². The molecule has 0 fully saturated rings. The molecular formula is C21H21FN4O2. The molecule has 0 aliphatic carbocycles. The Labute approximate surface area is 162 Å². The maximum atomic E-state index is 13.7. The molecule has 0 aliphatic heterocycles. The number of amides is 2. The van der Waals surface area contributed by atoms with Gasteiger partial charge < -0.3 is 10.6 Å². The smallest absolute Gasteiger partial charge is 0.272 e. The number of aromatic nitrogens is 2. The highest BCUT2D eigenvalue weighted by Crippen LogP contribution is 2.18. The summed E-state index contributed by atoms with van der Waals surface area (Å²) < 4.78 is 15.2. The van der Waals surface area contributed by atoms with E-state index in [9.17, 15) is 14.0 Å². The van der Waals surface area contributed by atoms with E-state index in [0.717, 1.165) is 0 Å². The second kappa shape index (κ2) is 8.47. The molecule has 2 amide bonds. The van der Waals surface area contributed by atoms with E-state index in [4.69, 9.17) is 0 Å². The quantitative estimate of drug-likeness (QED) is 0.687. The van der Waals surface area contributed by atoms with Crippen molar-refractivity contribution in [2.45, 2.75) is 20.4 Å². The molecule has 0 bridgehead atoms. The van der Waals surface area contributed by atoms with Crippen LogP contribution in [0.3, 0.4) is 0 Å². The van der Waals surface area contributed by atoms with Crippen molar-refractivity contribution in [2.75, 3.05) is 5.32 Å². The fraction of sp³-hybridized carbons (Fsp3) is 0.190. The molecule has 0 saturated heterocycles. The Balaban J connectivity index is 1.84. The van der Waals surface area contributed by atoms with E-state index in [1.54, 1.807) is 32.0 Å². The van der Waals surface area contributed by atoms with Gasteiger partial charge in [-0.25, -0.2) is 9.07 Å². The van der Waals surface area contributed by atoms with Gasteiger partial charge in [0.1, 0.15) is 11.6 Å². The summed E-state index contributed by atoms with van der Waals surface area (Å²) in [6.45, 7) is 3.60. The Kier molecular flexibility index (Phi) is 5.84. The van der Waals surface area contributed by atoms with Crippen molar-refractivity contribution in [3.63, 3.8) is 0 Å². The molecule has 0 radical (unpaired) electrons. The van der Waals surface area contributed by atoms with Crippen LogP contribution in [0, 0.1) is 11.7 Å². The Morgan fingerprint density at radius 3 is 2.43 bits per heavy atom. The Morgan fingerprint density at radius 2 is 1.75 bits per heavy atom. The number of carbonyl (C=O) groups excluding carboxylic acids is 2. The first-order valence-electron chi connectivity index (χ1n) is 8.93. The van der Waals surface area contributed by atoms with E-state index in [2.05, 4.69) is 15.7 Å². The molecule has 3 aromatic rings. The molecule has 1 heterocycles. The molecule has 2 N–H and O–H groups in total. The fourth-order valence-corrected chi connectivity index (χ4v) is 2.53. The third-order valence-electron chi connectivity index (χ3n) is 4.12. The molecule has 7 heteroatoms. The summed E-state index contributed by atoms with van der Waals surface area (Å²) in [5, 5.41) is 9.77. The van der Waals surface area contributed by atoms with Crippen molar-refractivity contribution >= 4 is 17.6 Å². The van der Waals surface area contributed by atoms with Gasteiger partial charge in [-0.3, -0.25) is 9.59 Å². The van der Waals surface area contributed by atoms with Crippen LogP contribution in [0.5, 0.6) is 0 Å². The number of carbonyl (C=O) groups is 2. The zero-order valence-electron chi connectivity index (χ0n) is 15.6. The van der Waals surface area contributed by atoms with E-state index in [1.165, 1.54) is 16.8 Å². The van der Waals surface area contributed by atoms with Gasteiger partial charge in [0.2, 0.25) is 5.91 Å². The van der Waals surface area contributed by atoms with Crippen molar-refractivity contribution in [1.29, 1.82) is 0 Å². The minimum absolute atomic E-state index is 0.0391. The van der Waals surface area contributed by atoms with Gasteiger partial charge in [-0.15, -0.1) is 0 Å². The number of nitrogens with zero attached hydrogens (tertiary/aromatic N) is 2. The highest BCUT2D eigenvalue weighted by atomic mass is 19.1. The lowest BCUT2D eigenvalue weighted by Gasteiger charge is -2.10. The molecule has 0 atom stereocenters. The topological polar surface area (TPSA) is 76.0 Å². The zero-order chi connectivity index (χ0) is 20.1. The summed E-state index contributed by atoms with van der Waals surface area (Å²) in [6.07, 6.45) is 0. The number of rotatable bonds is 6. The van der Waals surface area contributed by atoms with Gasteiger partial charge in [0.15, 0.2) is 5.69 Å². The zero-order valence-corrected chi connectivity index (χ0v) is 15.6. The minimum atomic E-state index is -0.460. The molecule has 0 saturated carbocycles. The minimum Gasteiger partial charge on any atom is -0.346 e. The predicted molar refractivity (Wildman–Crippen MR) is 105 cm³/mol. The number of hydrogen-bond donors (Lipinski definition) is 2. The van der Waals surface area contributed by atoms with Gasteiger partial charge in [0, 0.05) is 24.1 Å². The molecule has 0 spiro atoms. The maximum absolute atomic E-state index is 13.7. The molecule has 28 heavy (non-hydrogen) atoms. The van der Waals surface area contributed by atoms with Crippen LogP contribution in [0.4, 0.5) is 10.2 Å². The van der Waals surface area contributed by atoms with Crippen LogP contribution in [0.2, 0.25) is 0 Å². The van der Waals surface area contributed by atoms with Crippen molar-refractivity contribution in [1.82, 2.24) is 15.1 Å². The molecule has 6 nitrogen and oxygen atoms in total. The van der Waals surface area contributed by atoms with E-state index in [-0.39, 0.29) is 29.9 Å². The Hall–Kier alpha value is -3.48. The van der Waals surface area contributed by atoms with Crippen LogP contribution in [-0.2, 0) is 11.3 Å². The molecule has 2 aromatic carbocycles. The first kappa shape index (κ1) is 19.3. The standard InChI is InChI=1S/C21H21FN4O2/c1-14(2)20(27)24-19-12-18(25-26(19)16-9-4-3-5-10-16)21(28)23-13-15-8-6-7-11-17(15)22/h3-12,14H,13H2,1-2H3,(H,23,28)(H,24,27). The number of benzene rings is 2. The van der Waals surface area contributed by atoms with Crippen molar-refractivity contribution < 1.29 is 14.0 Å². The largest absolute Gasteiger partial charge is 0.346 e. The van der Waals surface area contributed by atoms with Crippen LogP contribution in [0.25, 0.3) is 5.69 Å². The number of nitrogens with one attached hydrogen (secondary N) is 2. The number of para-hydroxylation sites is 1. The summed E-state index contributed by atoms with van der Waals surface area (Å²) >= 11 is 0. The maximum Gasteiger partial charge on any atom is 0.272 e. The third kappa shape index (κ3) is 4.43. The van der Waals surface area contributed by atoms with Gasteiger partial charge in [-0.1, -0.05) is 50.2 Å². The lowest BCUT2D eigenvalue weighted by molar-refractivity contribution is -0.118. The highest BCUT2D eigenvalue weighted by Gasteiger charge is 2.18. The predicted octanol–water partition coefficient (Wildman–Crippen LogP) is 3.54. The normalized spacial score (nSPS) is 10.7. The van der Waals surface area contributed by atoms with E-state index in [0.29, 0.717) is 17.1 Å². The van der Waals surface area contributed by atoms with Gasteiger partial charge in [0.25, 0.3) is 5.91 Å². The van der Waals surface area contributed by atoms with Crippen LogP contribution in [0.1, 0.15) is 29.9 Å².